The van der Waals surface area contributed by atoms with Crippen LogP contribution >= 0.6 is 0 Å². The lowest BCUT2D eigenvalue weighted by Crippen LogP contribution is -2.20. The molecule has 8 heteroatoms. The standard InChI is InChI=1S/C30H46O8/c1-7-10-11-12-16-30(5,6)24-18-25(35-20-37-28(31)33-8-2)27(23-15-13-14-22(4)17-23)26(19-24)36-21-38-29(32)34-9-3/h17-19,23H,7-16,20-21H2,1-6H3. The topological polar surface area (TPSA) is 89.5 Å². The quantitative estimate of drug-likeness (QED) is 0.0963. The second kappa shape index (κ2) is 16.1. The van der Waals surface area contributed by atoms with E-state index in [0.29, 0.717) is 11.5 Å². The van der Waals surface area contributed by atoms with Crippen molar-refractivity contribution in [3.05, 3.63) is 34.9 Å². The summed E-state index contributed by atoms with van der Waals surface area (Å²) >= 11 is 0. The fourth-order valence-electron chi connectivity index (χ4n) is 4.67. The van der Waals surface area contributed by atoms with E-state index in [1.807, 2.05) is 12.1 Å². The normalized spacial score (nSPS) is 15.3. The van der Waals surface area contributed by atoms with Crippen LogP contribution in [-0.4, -0.2) is 39.1 Å². The van der Waals surface area contributed by atoms with Crippen LogP contribution < -0.4 is 9.47 Å². The molecule has 1 aliphatic rings. The molecule has 0 radical (unpaired) electrons. The molecule has 0 amide bonds. The molecule has 1 aromatic carbocycles. The summed E-state index contributed by atoms with van der Waals surface area (Å²) in [6.07, 6.45) is 9.33. The SMILES string of the molecule is CCCCCCC(C)(C)c1cc(OCOC(=O)OCC)c(C2C=C(C)CCC2)c(OCOC(=O)OCC)c1. The summed E-state index contributed by atoms with van der Waals surface area (Å²) in [6, 6.07) is 4.06. The van der Waals surface area contributed by atoms with Gasteiger partial charge in [0.1, 0.15) is 11.5 Å². The first-order valence-corrected chi connectivity index (χ1v) is 13.9. The molecule has 1 aromatic rings. The van der Waals surface area contributed by atoms with E-state index in [4.69, 9.17) is 28.4 Å². The Bertz CT molecular complexity index is 876. The molecule has 0 aromatic heterocycles. The Kier molecular flexibility index (Phi) is 13.3. The third-order valence-electron chi connectivity index (χ3n) is 6.79. The molecule has 38 heavy (non-hydrogen) atoms. The molecule has 0 bridgehead atoms. The van der Waals surface area contributed by atoms with Crippen LogP contribution in [0.2, 0.25) is 0 Å². The van der Waals surface area contributed by atoms with Gasteiger partial charge in [0, 0.05) is 11.5 Å². The Balaban J connectivity index is 2.45. The summed E-state index contributed by atoms with van der Waals surface area (Å²) < 4.78 is 32.1. The molecule has 8 nitrogen and oxygen atoms in total. The number of unbranched alkanes of at least 4 members (excludes halogenated alkanes) is 3. The lowest BCUT2D eigenvalue weighted by Gasteiger charge is -2.30. The van der Waals surface area contributed by atoms with E-state index in [0.717, 1.165) is 43.2 Å². The highest BCUT2D eigenvalue weighted by Crippen LogP contribution is 2.45. The summed E-state index contributed by atoms with van der Waals surface area (Å²) in [5.74, 6) is 1.20. The first-order chi connectivity index (χ1) is 18.2. The molecule has 0 aliphatic heterocycles. The zero-order valence-electron chi connectivity index (χ0n) is 24.1. The van der Waals surface area contributed by atoms with E-state index in [1.165, 1.54) is 24.8 Å². The highest BCUT2D eigenvalue weighted by molar-refractivity contribution is 5.60. The van der Waals surface area contributed by atoms with E-state index in [9.17, 15) is 9.59 Å². The van der Waals surface area contributed by atoms with Crippen molar-refractivity contribution in [2.45, 2.75) is 104 Å². The summed E-state index contributed by atoms with van der Waals surface area (Å²) in [5.41, 5.74) is 3.01. The van der Waals surface area contributed by atoms with Gasteiger partial charge in [0.05, 0.1) is 13.2 Å². The molecule has 214 valence electrons. The van der Waals surface area contributed by atoms with Crippen LogP contribution in [0.15, 0.2) is 23.8 Å². The highest BCUT2D eigenvalue weighted by Gasteiger charge is 2.28. The van der Waals surface area contributed by atoms with Crippen LogP contribution in [0.4, 0.5) is 9.59 Å². The van der Waals surface area contributed by atoms with E-state index in [-0.39, 0.29) is 38.1 Å². The third-order valence-corrected chi connectivity index (χ3v) is 6.79. The molecule has 0 heterocycles. The van der Waals surface area contributed by atoms with Gasteiger partial charge in [-0.2, -0.15) is 0 Å². The average molecular weight is 535 g/mol. The molecule has 0 saturated carbocycles. The van der Waals surface area contributed by atoms with Gasteiger partial charge in [-0.05, 0) is 69.6 Å². The molecule has 1 unspecified atom stereocenters. The summed E-state index contributed by atoms with van der Waals surface area (Å²) in [4.78, 5) is 23.5. The Morgan fingerprint density at radius 3 is 1.95 bits per heavy atom. The van der Waals surface area contributed by atoms with E-state index < -0.39 is 12.3 Å². The van der Waals surface area contributed by atoms with Crippen LogP contribution in [0, 0.1) is 0 Å². The Hall–Kier alpha value is -2.90. The van der Waals surface area contributed by atoms with Gasteiger partial charge < -0.3 is 28.4 Å². The lowest BCUT2D eigenvalue weighted by atomic mass is 9.77. The average Bonchev–Trinajstić information content (AvgIpc) is 2.87. The van der Waals surface area contributed by atoms with E-state index >= 15 is 0 Å². The molecular formula is C30H46O8. The predicted molar refractivity (Wildman–Crippen MR) is 146 cm³/mol. The van der Waals surface area contributed by atoms with Gasteiger partial charge in [-0.15, -0.1) is 0 Å². The monoisotopic (exact) mass is 534 g/mol. The second-order valence-corrected chi connectivity index (χ2v) is 10.3. The van der Waals surface area contributed by atoms with Crippen molar-refractivity contribution in [3.8, 4) is 11.5 Å². The maximum Gasteiger partial charge on any atom is 0.511 e. The molecule has 0 N–H and O–H groups in total. The molecule has 2 rings (SSSR count). The zero-order valence-corrected chi connectivity index (χ0v) is 24.1. The number of carbonyl (C=O) groups excluding carboxylic acids is 2. The number of benzene rings is 1. The van der Waals surface area contributed by atoms with Crippen LogP contribution in [0.5, 0.6) is 11.5 Å². The van der Waals surface area contributed by atoms with Crippen molar-refractivity contribution >= 4 is 12.3 Å². The second-order valence-electron chi connectivity index (χ2n) is 10.3. The fraction of sp³-hybridized carbons (Fsp3) is 0.667. The van der Waals surface area contributed by atoms with Gasteiger partial charge >= 0.3 is 12.3 Å². The van der Waals surface area contributed by atoms with Crippen LogP contribution in [-0.2, 0) is 24.4 Å². The first-order valence-electron chi connectivity index (χ1n) is 13.9. The van der Waals surface area contributed by atoms with Crippen LogP contribution in [0.1, 0.15) is 110 Å². The number of hydrogen-bond acceptors (Lipinski definition) is 8. The number of allylic oxidation sites excluding steroid dienone is 2. The molecule has 1 atom stereocenters. The van der Waals surface area contributed by atoms with Crippen molar-refractivity contribution in [1.29, 1.82) is 0 Å². The minimum Gasteiger partial charge on any atom is -0.457 e. The minimum absolute atomic E-state index is 0.0423. The van der Waals surface area contributed by atoms with Crippen LogP contribution in [0.25, 0.3) is 0 Å². The molecule has 1 aliphatic carbocycles. The van der Waals surface area contributed by atoms with E-state index in [2.05, 4.69) is 33.8 Å². The Labute approximate surface area is 227 Å². The van der Waals surface area contributed by atoms with Gasteiger partial charge in [-0.1, -0.05) is 58.1 Å². The van der Waals surface area contributed by atoms with Crippen LogP contribution in [0.3, 0.4) is 0 Å². The number of ether oxygens (including phenoxy) is 6. The lowest BCUT2D eigenvalue weighted by molar-refractivity contribution is 0.00434. The van der Waals surface area contributed by atoms with Gasteiger partial charge in [-0.3, -0.25) is 0 Å². The number of carbonyl (C=O) groups is 2. The van der Waals surface area contributed by atoms with Crippen molar-refractivity contribution in [1.82, 2.24) is 0 Å². The Morgan fingerprint density at radius 1 is 0.868 bits per heavy atom. The van der Waals surface area contributed by atoms with Gasteiger partial charge in [-0.25, -0.2) is 9.59 Å². The highest BCUT2D eigenvalue weighted by atomic mass is 16.8. The van der Waals surface area contributed by atoms with Gasteiger partial charge in [0.25, 0.3) is 0 Å². The van der Waals surface area contributed by atoms with E-state index in [1.54, 1.807) is 13.8 Å². The summed E-state index contributed by atoms with van der Waals surface area (Å²) in [6.45, 7) is 12.0. The number of hydrogen-bond donors (Lipinski definition) is 0. The largest absolute Gasteiger partial charge is 0.511 e. The molecule has 0 spiro atoms. The van der Waals surface area contributed by atoms with Gasteiger partial charge in [0.2, 0.25) is 13.6 Å². The smallest absolute Gasteiger partial charge is 0.457 e. The molecular weight excluding hydrogens is 488 g/mol. The zero-order chi connectivity index (χ0) is 28.0. The molecule has 0 saturated heterocycles. The fourth-order valence-corrected chi connectivity index (χ4v) is 4.67. The van der Waals surface area contributed by atoms with Crippen molar-refractivity contribution in [2.75, 3.05) is 26.8 Å². The van der Waals surface area contributed by atoms with Crippen molar-refractivity contribution < 1.29 is 38.0 Å². The summed E-state index contributed by atoms with van der Waals surface area (Å²) in [5, 5.41) is 0. The van der Waals surface area contributed by atoms with Crippen molar-refractivity contribution in [2.24, 2.45) is 0 Å². The minimum atomic E-state index is -0.783. The van der Waals surface area contributed by atoms with Gasteiger partial charge in [0.15, 0.2) is 0 Å². The van der Waals surface area contributed by atoms with Crippen molar-refractivity contribution in [3.63, 3.8) is 0 Å². The maximum atomic E-state index is 11.8. The molecule has 0 fully saturated rings. The first kappa shape index (κ1) is 31.3. The third kappa shape index (κ3) is 10.1. The maximum absolute atomic E-state index is 11.8. The summed E-state index contributed by atoms with van der Waals surface area (Å²) in [7, 11) is 0. The predicted octanol–water partition coefficient (Wildman–Crippen LogP) is 8.17. The number of rotatable bonds is 15. The Morgan fingerprint density at radius 2 is 1.45 bits per heavy atom.